The summed E-state index contributed by atoms with van der Waals surface area (Å²) in [7, 11) is 0. The first kappa shape index (κ1) is 13.7. The molecule has 0 aromatic carbocycles. The zero-order valence-corrected chi connectivity index (χ0v) is 11.1. The van der Waals surface area contributed by atoms with Crippen molar-refractivity contribution in [3.8, 4) is 0 Å². The van der Waals surface area contributed by atoms with E-state index >= 15 is 0 Å². The Kier molecular flexibility index (Phi) is 4.97. The van der Waals surface area contributed by atoms with Gasteiger partial charge in [-0.3, -0.25) is 4.79 Å². The molecule has 1 rings (SSSR count). The van der Waals surface area contributed by atoms with E-state index in [1.165, 1.54) is 19.3 Å². The third-order valence-corrected chi connectivity index (χ3v) is 4.62. The third-order valence-electron chi connectivity index (χ3n) is 4.62. The van der Waals surface area contributed by atoms with Crippen molar-refractivity contribution in [2.24, 2.45) is 23.0 Å². The van der Waals surface area contributed by atoms with Gasteiger partial charge in [-0.2, -0.15) is 0 Å². The molecule has 0 saturated heterocycles. The Labute approximate surface area is 100.0 Å². The largest absolute Gasteiger partial charge is 0.329 e. The lowest BCUT2D eigenvalue weighted by Crippen LogP contribution is -2.40. The van der Waals surface area contributed by atoms with Crippen molar-refractivity contribution < 1.29 is 4.79 Å². The highest BCUT2D eigenvalue weighted by Crippen LogP contribution is 2.36. The van der Waals surface area contributed by atoms with Gasteiger partial charge in [-0.05, 0) is 38.0 Å². The smallest absolute Gasteiger partial charge is 0.143 e. The fraction of sp³-hybridized carbons (Fsp3) is 0.929. The number of carbonyl (C=O) groups excluding carboxylic acids is 1. The zero-order valence-electron chi connectivity index (χ0n) is 11.1. The molecule has 1 unspecified atom stereocenters. The fourth-order valence-corrected chi connectivity index (χ4v) is 2.74. The second-order valence-corrected chi connectivity index (χ2v) is 5.61. The van der Waals surface area contributed by atoms with Gasteiger partial charge in [-0.15, -0.1) is 0 Å². The van der Waals surface area contributed by atoms with Gasteiger partial charge in [-0.1, -0.05) is 27.2 Å². The van der Waals surface area contributed by atoms with Gasteiger partial charge in [0.05, 0.1) is 0 Å². The number of nitrogens with two attached hydrogens (primary N) is 1. The summed E-state index contributed by atoms with van der Waals surface area (Å²) in [6, 6.07) is 0. The van der Waals surface area contributed by atoms with E-state index in [1.807, 2.05) is 6.92 Å². The lowest BCUT2D eigenvalue weighted by atomic mass is 9.70. The van der Waals surface area contributed by atoms with Crippen LogP contribution in [0.3, 0.4) is 0 Å². The maximum atomic E-state index is 12.4. The van der Waals surface area contributed by atoms with Crippen molar-refractivity contribution in [2.75, 3.05) is 6.54 Å². The van der Waals surface area contributed by atoms with E-state index in [2.05, 4.69) is 13.8 Å². The molecular weight excluding hydrogens is 198 g/mol. The molecule has 1 aliphatic rings. The molecule has 1 fully saturated rings. The summed E-state index contributed by atoms with van der Waals surface area (Å²) in [5.74, 6) is 1.57. The van der Waals surface area contributed by atoms with Gasteiger partial charge >= 0.3 is 0 Å². The Balaban J connectivity index is 2.56. The van der Waals surface area contributed by atoms with E-state index in [1.54, 1.807) is 0 Å². The van der Waals surface area contributed by atoms with Gasteiger partial charge in [0.15, 0.2) is 0 Å². The third kappa shape index (κ3) is 2.85. The molecule has 94 valence electrons. The van der Waals surface area contributed by atoms with Gasteiger partial charge in [0, 0.05) is 17.9 Å². The van der Waals surface area contributed by atoms with Gasteiger partial charge in [0.2, 0.25) is 0 Å². The SMILES string of the molecule is CCC1CCC(C(=O)C(C)(CC)CN)CC1. The van der Waals surface area contributed by atoms with Crippen LogP contribution in [0.4, 0.5) is 0 Å². The average Bonchev–Trinajstić information content (AvgIpc) is 2.37. The quantitative estimate of drug-likeness (QED) is 0.781. The second-order valence-electron chi connectivity index (χ2n) is 5.61. The van der Waals surface area contributed by atoms with E-state index in [0.717, 1.165) is 25.2 Å². The molecule has 0 bridgehead atoms. The van der Waals surface area contributed by atoms with Gasteiger partial charge in [0.25, 0.3) is 0 Å². The molecule has 2 nitrogen and oxygen atoms in total. The fourth-order valence-electron chi connectivity index (χ4n) is 2.74. The molecule has 1 aliphatic carbocycles. The molecule has 0 aromatic heterocycles. The molecule has 2 heteroatoms. The number of Topliss-reactive ketones (excluding diaryl/α,β-unsaturated/α-hetero) is 1. The number of carbonyl (C=O) groups is 1. The Morgan fingerprint density at radius 3 is 2.19 bits per heavy atom. The molecule has 1 saturated carbocycles. The van der Waals surface area contributed by atoms with Crippen molar-refractivity contribution in [1.82, 2.24) is 0 Å². The summed E-state index contributed by atoms with van der Waals surface area (Å²) in [5, 5.41) is 0. The molecule has 2 N–H and O–H groups in total. The summed E-state index contributed by atoms with van der Waals surface area (Å²) < 4.78 is 0. The first-order chi connectivity index (χ1) is 7.57. The van der Waals surface area contributed by atoms with Crippen LogP contribution in [0.25, 0.3) is 0 Å². The van der Waals surface area contributed by atoms with Crippen molar-refractivity contribution in [2.45, 2.75) is 59.3 Å². The number of ketones is 1. The van der Waals surface area contributed by atoms with Crippen molar-refractivity contribution in [1.29, 1.82) is 0 Å². The predicted molar refractivity (Wildman–Crippen MR) is 68.2 cm³/mol. The highest BCUT2D eigenvalue weighted by atomic mass is 16.1. The summed E-state index contributed by atoms with van der Waals surface area (Å²) >= 11 is 0. The number of rotatable bonds is 5. The highest BCUT2D eigenvalue weighted by Gasteiger charge is 2.36. The lowest BCUT2D eigenvalue weighted by molar-refractivity contribution is -0.133. The maximum Gasteiger partial charge on any atom is 0.143 e. The molecule has 0 amide bonds. The summed E-state index contributed by atoms with van der Waals surface area (Å²) in [6.07, 6.45) is 6.79. The van der Waals surface area contributed by atoms with Crippen LogP contribution in [0, 0.1) is 17.3 Å². The Morgan fingerprint density at radius 2 is 1.81 bits per heavy atom. The molecule has 0 radical (unpaired) electrons. The molecule has 0 aromatic rings. The van der Waals surface area contributed by atoms with Crippen LogP contribution in [-0.4, -0.2) is 12.3 Å². The summed E-state index contributed by atoms with van der Waals surface area (Å²) in [4.78, 5) is 12.4. The van der Waals surface area contributed by atoms with Crippen LogP contribution in [0.5, 0.6) is 0 Å². The van der Waals surface area contributed by atoms with Gasteiger partial charge in [0.1, 0.15) is 5.78 Å². The van der Waals surface area contributed by atoms with E-state index < -0.39 is 0 Å². The van der Waals surface area contributed by atoms with Gasteiger partial charge < -0.3 is 5.73 Å². The summed E-state index contributed by atoms with van der Waals surface area (Å²) in [6.45, 7) is 6.85. The normalized spacial score (nSPS) is 29.8. The zero-order chi connectivity index (χ0) is 12.2. The molecule has 1 atom stereocenters. The van der Waals surface area contributed by atoms with Crippen LogP contribution in [-0.2, 0) is 4.79 Å². The minimum absolute atomic E-state index is 0.274. The van der Waals surface area contributed by atoms with Crippen LogP contribution >= 0.6 is 0 Å². The molecule has 0 aliphatic heterocycles. The Bertz CT molecular complexity index is 225. The van der Waals surface area contributed by atoms with E-state index in [4.69, 9.17) is 5.73 Å². The van der Waals surface area contributed by atoms with Crippen LogP contribution in [0.1, 0.15) is 59.3 Å². The monoisotopic (exact) mass is 225 g/mol. The Morgan fingerprint density at radius 1 is 1.25 bits per heavy atom. The molecule has 0 heterocycles. The van der Waals surface area contributed by atoms with E-state index in [9.17, 15) is 4.79 Å². The van der Waals surface area contributed by atoms with Crippen molar-refractivity contribution in [3.63, 3.8) is 0 Å². The molecule has 0 spiro atoms. The van der Waals surface area contributed by atoms with Crippen LogP contribution in [0.15, 0.2) is 0 Å². The number of hydrogen-bond acceptors (Lipinski definition) is 2. The average molecular weight is 225 g/mol. The lowest BCUT2D eigenvalue weighted by Gasteiger charge is -2.33. The topological polar surface area (TPSA) is 43.1 Å². The van der Waals surface area contributed by atoms with E-state index in [0.29, 0.717) is 12.3 Å². The Hall–Kier alpha value is -0.370. The first-order valence-corrected chi connectivity index (χ1v) is 6.81. The minimum atomic E-state index is -0.274. The first-order valence-electron chi connectivity index (χ1n) is 6.81. The van der Waals surface area contributed by atoms with Gasteiger partial charge in [-0.25, -0.2) is 0 Å². The summed E-state index contributed by atoms with van der Waals surface area (Å²) in [5.41, 5.74) is 5.48. The highest BCUT2D eigenvalue weighted by molar-refractivity contribution is 5.87. The standard InChI is InChI=1S/C14H27NO/c1-4-11-6-8-12(9-7-11)13(16)14(3,5-2)10-15/h11-12H,4-10,15H2,1-3H3. The predicted octanol–water partition coefficient (Wildman–Crippen LogP) is 3.15. The molecular formula is C14H27NO. The van der Waals surface area contributed by atoms with Crippen molar-refractivity contribution >= 4 is 5.78 Å². The van der Waals surface area contributed by atoms with Crippen LogP contribution < -0.4 is 5.73 Å². The van der Waals surface area contributed by atoms with E-state index in [-0.39, 0.29) is 11.3 Å². The number of hydrogen-bond donors (Lipinski definition) is 1. The van der Waals surface area contributed by atoms with Crippen molar-refractivity contribution in [3.05, 3.63) is 0 Å². The maximum absolute atomic E-state index is 12.4. The molecule has 16 heavy (non-hydrogen) atoms. The second kappa shape index (κ2) is 5.81. The minimum Gasteiger partial charge on any atom is -0.329 e. The van der Waals surface area contributed by atoms with Crippen LogP contribution in [0.2, 0.25) is 0 Å².